The third-order valence-corrected chi connectivity index (χ3v) is 3.31. The van der Waals surface area contributed by atoms with E-state index in [9.17, 15) is 10.1 Å². The number of aryl methyl sites for hydroxylation is 2. The molecule has 1 aromatic heterocycles. The molecular weight excluding hydrogens is 296 g/mol. The number of hydrogen-bond acceptors (Lipinski definition) is 6. The maximum atomic E-state index is 11.2. The molecule has 8 heteroatoms. The average molecular weight is 310 g/mol. The van der Waals surface area contributed by atoms with Gasteiger partial charge in [0.15, 0.2) is 0 Å². The smallest absolute Gasteiger partial charge is 0.292 e. The van der Waals surface area contributed by atoms with Crippen LogP contribution in [0.5, 0.6) is 0 Å². The van der Waals surface area contributed by atoms with Gasteiger partial charge in [0.1, 0.15) is 5.69 Å². The number of aromatic nitrogens is 4. The van der Waals surface area contributed by atoms with Crippen molar-refractivity contribution in [3.8, 4) is 5.69 Å². The van der Waals surface area contributed by atoms with E-state index in [2.05, 4.69) is 20.8 Å². The highest BCUT2D eigenvalue weighted by Crippen LogP contribution is 2.28. The van der Waals surface area contributed by atoms with Gasteiger partial charge in [-0.3, -0.25) is 10.1 Å². The molecule has 0 bridgehead atoms. The maximum absolute atomic E-state index is 11.2. The fourth-order valence-corrected chi connectivity index (χ4v) is 2.23. The van der Waals surface area contributed by atoms with Gasteiger partial charge in [0.05, 0.1) is 10.6 Å². The number of nitro benzene ring substituents is 1. The molecule has 1 N–H and O–H groups in total. The van der Waals surface area contributed by atoms with Crippen LogP contribution in [0.2, 0.25) is 0 Å². The molecule has 2 aromatic carbocycles. The van der Waals surface area contributed by atoms with Crippen molar-refractivity contribution in [2.24, 2.45) is 0 Å². The number of tetrazole rings is 1. The summed E-state index contributed by atoms with van der Waals surface area (Å²) < 4.78 is 1.50. The minimum absolute atomic E-state index is 0.0330. The van der Waals surface area contributed by atoms with E-state index in [1.54, 1.807) is 12.1 Å². The second kappa shape index (κ2) is 5.84. The topological polar surface area (TPSA) is 98.8 Å². The van der Waals surface area contributed by atoms with Gasteiger partial charge in [0.2, 0.25) is 0 Å². The van der Waals surface area contributed by atoms with Crippen LogP contribution in [-0.2, 0) is 0 Å². The van der Waals surface area contributed by atoms with Gasteiger partial charge >= 0.3 is 0 Å². The Balaban J connectivity index is 2.01. The summed E-state index contributed by atoms with van der Waals surface area (Å²) in [6.07, 6.45) is 0. The van der Waals surface area contributed by atoms with Crippen molar-refractivity contribution in [1.82, 2.24) is 20.2 Å². The van der Waals surface area contributed by atoms with Crippen molar-refractivity contribution in [2.75, 3.05) is 5.32 Å². The SMILES string of the molecule is Cc1cccc(-n2nnnc2Nc2cc(C)ccc2[N+](=O)[O-])c1. The molecule has 0 atom stereocenters. The van der Waals surface area contributed by atoms with Gasteiger partial charge in [0, 0.05) is 6.07 Å². The Morgan fingerprint density at radius 1 is 1.13 bits per heavy atom. The molecule has 0 aliphatic carbocycles. The molecule has 0 fully saturated rings. The number of benzene rings is 2. The van der Waals surface area contributed by atoms with E-state index in [4.69, 9.17) is 0 Å². The summed E-state index contributed by atoms with van der Waals surface area (Å²) in [5.41, 5.74) is 3.04. The molecule has 3 rings (SSSR count). The normalized spacial score (nSPS) is 10.5. The lowest BCUT2D eigenvalue weighted by Gasteiger charge is -2.08. The lowest BCUT2D eigenvalue weighted by Crippen LogP contribution is -2.05. The Kier molecular flexibility index (Phi) is 3.71. The molecule has 23 heavy (non-hydrogen) atoms. The first-order valence-electron chi connectivity index (χ1n) is 6.92. The molecule has 0 amide bonds. The molecule has 116 valence electrons. The largest absolute Gasteiger partial charge is 0.317 e. The third-order valence-electron chi connectivity index (χ3n) is 3.31. The number of rotatable bonds is 4. The Labute approximate surface area is 131 Å². The van der Waals surface area contributed by atoms with Crippen LogP contribution in [-0.4, -0.2) is 25.1 Å². The van der Waals surface area contributed by atoms with E-state index in [0.29, 0.717) is 11.6 Å². The van der Waals surface area contributed by atoms with E-state index in [-0.39, 0.29) is 5.69 Å². The van der Waals surface area contributed by atoms with E-state index in [0.717, 1.165) is 16.8 Å². The minimum atomic E-state index is -0.442. The lowest BCUT2D eigenvalue weighted by molar-refractivity contribution is -0.383. The van der Waals surface area contributed by atoms with Crippen molar-refractivity contribution in [2.45, 2.75) is 13.8 Å². The van der Waals surface area contributed by atoms with Gasteiger partial charge in [-0.05, 0) is 53.6 Å². The molecule has 1 heterocycles. The second-order valence-corrected chi connectivity index (χ2v) is 5.16. The molecule has 0 unspecified atom stereocenters. The number of nitrogens with zero attached hydrogens (tertiary/aromatic N) is 5. The fourth-order valence-electron chi connectivity index (χ4n) is 2.23. The fraction of sp³-hybridized carbons (Fsp3) is 0.133. The molecule has 3 aromatic rings. The standard InChI is InChI=1S/C15H14N6O2/c1-10-4-3-5-12(8-10)20-15(17-18-19-20)16-13-9-11(2)6-7-14(13)21(22)23/h3-9H,1-2H3,(H,16,17,19). The predicted molar refractivity (Wildman–Crippen MR) is 85.0 cm³/mol. The Hall–Kier alpha value is -3.29. The maximum Gasteiger partial charge on any atom is 0.292 e. The molecule has 0 aliphatic rings. The monoisotopic (exact) mass is 310 g/mol. The van der Waals surface area contributed by atoms with Crippen molar-refractivity contribution in [3.05, 3.63) is 63.7 Å². The second-order valence-electron chi connectivity index (χ2n) is 5.16. The molecule has 0 saturated carbocycles. The van der Waals surface area contributed by atoms with Crippen molar-refractivity contribution in [1.29, 1.82) is 0 Å². The Morgan fingerprint density at radius 3 is 2.65 bits per heavy atom. The van der Waals surface area contributed by atoms with E-state index in [1.807, 2.05) is 38.1 Å². The van der Waals surface area contributed by atoms with Gasteiger partial charge in [0.25, 0.3) is 11.6 Å². The van der Waals surface area contributed by atoms with E-state index >= 15 is 0 Å². The summed E-state index contributed by atoms with van der Waals surface area (Å²) in [6.45, 7) is 3.82. The summed E-state index contributed by atoms with van der Waals surface area (Å²) in [5.74, 6) is 0.310. The zero-order valence-corrected chi connectivity index (χ0v) is 12.6. The van der Waals surface area contributed by atoms with E-state index < -0.39 is 4.92 Å². The van der Waals surface area contributed by atoms with Gasteiger partial charge in [-0.2, -0.15) is 4.68 Å². The average Bonchev–Trinajstić information content (AvgIpc) is 2.95. The number of nitro groups is 1. The third kappa shape index (κ3) is 3.00. The highest BCUT2D eigenvalue weighted by molar-refractivity contribution is 5.68. The van der Waals surface area contributed by atoms with Crippen LogP contribution in [0, 0.1) is 24.0 Å². The first kappa shape index (κ1) is 14.6. The van der Waals surface area contributed by atoms with Gasteiger partial charge in [-0.15, -0.1) is 0 Å². The predicted octanol–water partition coefficient (Wildman–Crippen LogP) is 2.93. The first-order valence-corrected chi connectivity index (χ1v) is 6.92. The Bertz CT molecular complexity index is 874. The van der Waals surface area contributed by atoms with Crippen LogP contribution >= 0.6 is 0 Å². The molecule has 0 radical (unpaired) electrons. The number of anilines is 2. The molecule has 8 nitrogen and oxygen atoms in total. The zero-order valence-electron chi connectivity index (χ0n) is 12.6. The summed E-state index contributed by atoms with van der Waals surface area (Å²) >= 11 is 0. The summed E-state index contributed by atoms with van der Waals surface area (Å²) in [5, 5.41) is 25.6. The summed E-state index contributed by atoms with van der Waals surface area (Å²) in [6, 6.07) is 12.5. The highest BCUT2D eigenvalue weighted by atomic mass is 16.6. The van der Waals surface area contributed by atoms with Crippen LogP contribution in [0.3, 0.4) is 0 Å². The lowest BCUT2D eigenvalue weighted by atomic mass is 10.2. The quantitative estimate of drug-likeness (QED) is 0.587. The number of nitrogens with one attached hydrogen (secondary N) is 1. The minimum Gasteiger partial charge on any atom is -0.317 e. The van der Waals surface area contributed by atoms with Gasteiger partial charge < -0.3 is 5.32 Å². The summed E-state index contributed by atoms with van der Waals surface area (Å²) in [4.78, 5) is 10.7. The van der Waals surface area contributed by atoms with Crippen LogP contribution in [0.1, 0.15) is 11.1 Å². The van der Waals surface area contributed by atoms with Crippen molar-refractivity contribution >= 4 is 17.3 Å². The van der Waals surface area contributed by atoms with Gasteiger partial charge in [-0.25, -0.2) is 0 Å². The zero-order chi connectivity index (χ0) is 16.4. The van der Waals surface area contributed by atoms with Crippen LogP contribution in [0.25, 0.3) is 5.69 Å². The van der Waals surface area contributed by atoms with Crippen LogP contribution in [0.15, 0.2) is 42.5 Å². The van der Waals surface area contributed by atoms with Crippen molar-refractivity contribution < 1.29 is 4.92 Å². The van der Waals surface area contributed by atoms with Crippen LogP contribution < -0.4 is 5.32 Å². The molecule has 0 aliphatic heterocycles. The van der Waals surface area contributed by atoms with Crippen molar-refractivity contribution in [3.63, 3.8) is 0 Å². The highest BCUT2D eigenvalue weighted by Gasteiger charge is 2.17. The van der Waals surface area contributed by atoms with Crippen LogP contribution in [0.4, 0.5) is 17.3 Å². The molecule has 0 spiro atoms. The Morgan fingerprint density at radius 2 is 1.91 bits per heavy atom. The molecular formula is C15H14N6O2. The molecule has 0 saturated heterocycles. The first-order chi connectivity index (χ1) is 11.0. The number of hydrogen-bond donors (Lipinski definition) is 1. The van der Waals surface area contributed by atoms with Gasteiger partial charge in [-0.1, -0.05) is 23.3 Å². The van der Waals surface area contributed by atoms with E-state index in [1.165, 1.54) is 10.7 Å². The summed E-state index contributed by atoms with van der Waals surface area (Å²) in [7, 11) is 0.